The molecule has 1 aromatic heterocycles. The van der Waals surface area contributed by atoms with Crippen molar-refractivity contribution in [2.75, 3.05) is 23.7 Å². The number of hydrogen-bond donors (Lipinski definition) is 1. The van der Waals surface area contributed by atoms with E-state index in [4.69, 9.17) is 5.73 Å². The van der Waals surface area contributed by atoms with E-state index >= 15 is 0 Å². The van der Waals surface area contributed by atoms with Crippen LogP contribution in [0.25, 0.3) is 0 Å². The van der Waals surface area contributed by atoms with Gasteiger partial charge in [-0.2, -0.15) is 13.2 Å². The summed E-state index contributed by atoms with van der Waals surface area (Å²) in [5, 5.41) is 0. The predicted octanol–water partition coefficient (Wildman–Crippen LogP) is 3.16. The molecule has 2 rings (SSSR count). The second-order valence-corrected chi connectivity index (χ2v) is 5.49. The monoisotopic (exact) mass is 273 g/mol. The maximum atomic E-state index is 12.6. The van der Waals surface area contributed by atoms with E-state index in [2.05, 4.69) is 18.8 Å². The largest absolute Gasteiger partial charge is 0.417 e. The van der Waals surface area contributed by atoms with E-state index in [0.717, 1.165) is 31.8 Å². The SMILES string of the molecule is CC1CC(C)CN(c2ncc(C(F)(F)F)cc2N)C1. The number of piperidine rings is 1. The summed E-state index contributed by atoms with van der Waals surface area (Å²) < 4.78 is 37.7. The fourth-order valence-electron chi connectivity index (χ4n) is 2.73. The summed E-state index contributed by atoms with van der Waals surface area (Å²) in [5.74, 6) is 1.45. The maximum Gasteiger partial charge on any atom is 0.417 e. The zero-order valence-electron chi connectivity index (χ0n) is 11.0. The predicted molar refractivity (Wildman–Crippen MR) is 68.8 cm³/mol. The van der Waals surface area contributed by atoms with Crippen LogP contribution < -0.4 is 10.6 Å². The Morgan fingerprint density at radius 1 is 1.26 bits per heavy atom. The maximum absolute atomic E-state index is 12.6. The van der Waals surface area contributed by atoms with E-state index in [-0.39, 0.29) is 5.69 Å². The van der Waals surface area contributed by atoms with Gasteiger partial charge in [0.05, 0.1) is 11.3 Å². The number of alkyl halides is 3. The number of nitrogens with two attached hydrogens (primary N) is 1. The quantitative estimate of drug-likeness (QED) is 0.854. The first kappa shape index (κ1) is 14.0. The van der Waals surface area contributed by atoms with Crippen molar-refractivity contribution in [2.24, 2.45) is 11.8 Å². The standard InChI is InChI=1S/C13H18F3N3/c1-8-3-9(2)7-19(6-8)12-11(17)4-10(5-18-12)13(14,15)16/h4-5,8-9H,3,6-7,17H2,1-2H3. The highest BCUT2D eigenvalue weighted by atomic mass is 19.4. The molecule has 0 amide bonds. The smallest absolute Gasteiger partial charge is 0.396 e. The van der Waals surface area contributed by atoms with Crippen molar-refractivity contribution >= 4 is 11.5 Å². The normalized spacial score (nSPS) is 24.6. The van der Waals surface area contributed by atoms with Crippen LogP contribution in [0.15, 0.2) is 12.3 Å². The highest BCUT2D eigenvalue weighted by Crippen LogP contribution is 2.34. The van der Waals surface area contributed by atoms with E-state index < -0.39 is 11.7 Å². The molecule has 2 heterocycles. The molecule has 0 saturated carbocycles. The van der Waals surface area contributed by atoms with Gasteiger partial charge in [0.1, 0.15) is 0 Å². The van der Waals surface area contributed by atoms with Gasteiger partial charge in [0.2, 0.25) is 0 Å². The minimum Gasteiger partial charge on any atom is -0.396 e. The summed E-state index contributed by atoms with van der Waals surface area (Å²) in [6.07, 6.45) is -2.42. The molecular formula is C13H18F3N3. The molecule has 6 heteroatoms. The Kier molecular flexibility index (Phi) is 3.60. The first-order valence-electron chi connectivity index (χ1n) is 6.35. The molecule has 1 aliphatic rings. The van der Waals surface area contributed by atoms with Crippen LogP contribution in [0.4, 0.5) is 24.7 Å². The Labute approximate surface area is 110 Å². The molecule has 1 fully saturated rings. The summed E-state index contributed by atoms with van der Waals surface area (Å²) in [4.78, 5) is 5.90. The van der Waals surface area contributed by atoms with Crippen LogP contribution >= 0.6 is 0 Å². The molecular weight excluding hydrogens is 255 g/mol. The molecule has 0 aromatic carbocycles. The highest BCUT2D eigenvalue weighted by molar-refractivity contribution is 5.63. The highest BCUT2D eigenvalue weighted by Gasteiger charge is 2.32. The second kappa shape index (κ2) is 4.90. The lowest BCUT2D eigenvalue weighted by Crippen LogP contribution is -2.39. The number of aromatic nitrogens is 1. The summed E-state index contributed by atoms with van der Waals surface area (Å²) in [7, 11) is 0. The fraction of sp³-hybridized carbons (Fsp3) is 0.615. The number of hydrogen-bond acceptors (Lipinski definition) is 3. The minimum atomic E-state index is -4.40. The van der Waals surface area contributed by atoms with Gasteiger partial charge in [-0.15, -0.1) is 0 Å². The fourth-order valence-corrected chi connectivity index (χ4v) is 2.73. The minimum absolute atomic E-state index is 0.0936. The van der Waals surface area contributed by atoms with Gasteiger partial charge in [0.25, 0.3) is 0 Å². The van der Waals surface area contributed by atoms with Gasteiger partial charge in [0.15, 0.2) is 5.82 Å². The van der Waals surface area contributed by atoms with Crippen LogP contribution in [-0.2, 0) is 6.18 Å². The van der Waals surface area contributed by atoms with Crippen molar-refractivity contribution in [3.63, 3.8) is 0 Å². The summed E-state index contributed by atoms with van der Waals surface area (Å²) in [6.45, 7) is 5.83. The number of halogens is 3. The lowest BCUT2D eigenvalue weighted by molar-refractivity contribution is -0.137. The van der Waals surface area contributed by atoms with E-state index in [1.165, 1.54) is 0 Å². The van der Waals surface area contributed by atoms with E-state index in [1.54, 1.807) is 0 Å². The van der Waals surface area contributed by atoms with Crippen LogP contribution in [0, 0.1) is 11.8 Å². The molecule has 1 aromatic rings. The van der Waals surface area contributed by atoms with Crippen molar-refractivity contribution in [1.82, 2.24) is 4.98 Å². The molecule has 0 aliphatic carbocycles. The molecule has 19 heavy (non-hydrogen) atoms. The van der Waals surface area contributed by atoms with Crippen molar-refractivity contribution in [2.45, 2.75) is 26.4 Å². The van der Waals surface area contributed by atoms with Crippen LogP contribution in [0.1, 0.15) is 25.8 Å². The molecule has 0 radical (unpaired) electrons. The number of nitrogens with zero attached hydrogens (tertiary/aromatic N) is 2. The average molecular weight is 273 g/mol. The van der Waals surface area contributed by atoms with Crippen molar-refractivity contribution in [3.8, 4) is 0 Å². The molecule has 106 valence electrons. The number of pyridine rings is 1. The van der Waals surface area contributed by atoms with Gasteiger partial charge in [-0.25, -0.2) is 4.98 Å². The van der Waals surface area contributed by atoms with Gasteiger partial charge in [-0.05, 0) is 24.3 Å². The van der Waals surface area contributed by atoms with E-state index in [0.29, 0.717) is 17.7 Å². The van der Waals surface area contributed by atoms with E-state index in [9.17, 15) is 13.2 Å². The Bertz CT molecular complexity index is 449. The molecule has 3 nitrogen and oxygen atoms in total. The van der Waals surface area contributed by atoms with Crippen LogP contribution in [0.5, 0.6) is 0 Å². The van der Waals surface area contributed by atoms with Crippen molar-refractivity contribution in [1.29, 1.82) is 0 Å². The van der Waals surface area contributed by atoms with Gasteiger partial charge in [-0.3, -0.25) is 0 Å². The zero-order chi connectivity index (χ0) is 14.2. The van der Waals surface area contributed by atoms with Crippen LogP contribution in [0.3, 0.4) is 0 Å². The number of rotatable bonds is 1. The topological polar surface area (TPSA) is 42.2 Å². The van der Waals surface area contributed by atoms with Gasteiger partial charge in [0, 0.05) is 19.3 Å². The first-order chi connectivity index (χ1) is 8.77. The summed E-state index contributed by atoms with van der Waals surface area (Å²) >= 11 is 0. The number of nitrogen functional groups attached to an aromatic ring is 1. The second-order valence-electron chi connectivity index (χ2n) is 5.49. The molecule has 1 aliphatic heterocycles. The lowest BCUT2D eigenvalue weighted by atomic mass is 9.92. The van der Waals surface area contributed by atoms with Crippen LogP contribution in [0.2, 0.25) is 0 Å². The Morgan fingerprint density at radius 2 is 1.84 bits per heavy atom. The molecule has 0 spiro atoms. The third kappa shape index (κ3) is 3.11. The third-order valence-electron chi connectivity index (χ3n) is 3.39. The van der Waals surface area contributed by atoms with Gasteiger partial charge >= 0.3 is 6.18 Å². The van der Waals surface area contributed by atoms with Crippen molar-refractivity contribution in [3.05, 3.63) is 17.8 Å². The molecule has 2 N–H and O–H groups in total. The lowest BCUT2D eigenvalue weighted by Gasteiger charge is -2.36. The first-order valence-corrected chi connectivity index (χ1v) is 6.35. The van der Waals surface area contributed by atoms with Crippen LogP contribution in [-0.4, -0.2) is 18.1 Å². The molecule has 1 saturated heterocycles. The summed E-state index contributed by atoms with van der Waals surface area (Å²) in [6, 6.07) is 0.965. The van der Waals surface area contributed by atoms with Gasteiger partial charge < -0.3 is 10.6 Å². The molecule has 2 atom stereocenters. The zero-order valence-corrected chi connectivity index (χ0v) is 11.0. The third-order valence-corrected chi connectivity index (χ3v) is 3.39. The van der Waals surface area contributed by atoms with Gasteiger partial charge in [-0.1, -0.05) is 13.8 Å². The summed E-state index contributed by atoms with van der Waals surface area (Å²) in [5.41, 5.74) is 5.03. The number of anilines is 2. The molecule has 0 bridgehead atoms. The van der Waals surface area contributed by atoms with E-state index in [1.807, 2.05) is 4.90 Å². The Hall–Kier alpha value is -1.46. The Balaban J connectivity index is 2.26. The molecule has 2 unspecified atom stereocenters. The van der Waals surface area contributed by atoms with Crippen molar-refractivity contribution < 1.29 is 13.2 Å². The Morgan fingerprint density at radius 3 is 2.32 bits per heavy atom. The average Bonchev–Trinajstić information content (AvgIpc) is 2.26.